The summed E-state index contributed by atoms with van der Waals surface area (Å²) in [4.78, 5) is 24.5. The first-order valence-electron chi connectivity index (χ1n) is 12.9. The average molecular weight is 507 g/mol. The molecule has 1 saturated carbocycles. The Morgan fingerprint density at radius 3 is 2.67 bits per heavy atom. The van der Waals surface area contributed by atoms with Gasteiger partial charge in [-0.2, -0.15) is 0 Å². The van der Waals surface area contributed by atoms with Crippen LogP contribution in [0.3, 0.4) is 0 Å². The number of carbonyl (C=O) groups excluding carboxylic acids is 1. The van der Waals surface area contributed by atoms with Crippen molar-refractivity contribution in [2.45, 2.75) is 68.0 Å². The molecule has 0 radical (unpaired) electrons. The van der Waals surface area contributed by atoms with Crippen LogP contribution in [-0.2, 0) is 10.5 Å². The molecule has 2 fully saturated rings. The molecule has 1 atom stereocenters. The highest BCUT2D eigenvalue weighted by atomic mass is 32.2. The zero-order valence-electron chi connectivity index (χ0n) is 20.8. The van der Waals surface area contributed by atoms with Crippen LogP contribution >= 0.6 is 11.8 Å². The van der Waals surface area contributed by atoms with Gasteiger partial charge < -0.3 is 19.4 Å². The molecule has 1 amide bonds. The van der Waals surface area contributed by atoms with E-state index >= 15 is 0 Å². The molecule has 8 heteroatoms. The second-order valence-electron chi connectivity index (χ2n) is 9.56. The van der Waals surface area contributed by atoms with E-state index in [1.165, 1.54) is 43.9 Å². The SMILES string of the molecule is CN(c1cc(-c2ccccc2)nc(SCc2ccc(C(=O)NC[C@@H]3CCCO3)o2)n1)C1CCCCC1. The summed E-state index contributed by atoms with van der Waals surface area (Å²) in [5.74, 6) is 2.33. The lowest BCUT2D eigenvalue weighted by Gasteiger charge is -2.32. The van der Waals surface area contributed by atoms with Crippen LogP contribution in [0.15, 0.2) is 58.1 Å². The second kappa shape index (κ2) is 11.9. The van der Waals surface area contributed by atoms with Gasteiger partial charge in [-0.3, -0.25) is 4.79 Å². The van der Waals surface area contributed by atoms with Crippen molar-refractivity contribution in [2.75, 3.05) is 25.1 Å². The van der Waals surface area contributed by atoms with Crippen molar-refractivity contribution >= 4 is 23.5 Å². The van der Waals surface area contributed by atoms with Gasteiger partial charge in [0.05, 0.1) is 17.6 Å². The number of ether oxygens (including phenoxy) is 1. The molecule has 1 aliphatic carbocycles. The standard InChI is InChI=1S/C28H34N4O3S/c1-32(21-11-6-3-7-12-21)26-17-24(20-9-4-2-5-10-20)30-28(31-26)36-19-23-14-15-25(35-23)27(33)29-18-22-13-8-16-34-22/h2,4-5,9-10,14-15,17,21-22H,3,6-8,11-13,16,18-19H2,1H3,(H,29,33)/t22-/m0/s1. The van der Waals surface area contributed by atoms with Crippen LogP contribution in [0.4, 0.5) is 5.82 Å². The minimum absolute atomic E-state index is 0.105. The van der Waals surface area contributed by atoms with E-state index in [0.29, 0.717) is 29.3 Å². The molecule has 2 aromatic heterocycles. The maximum atomic E-state index is 12.5. The Kier molecular flexibility index (Phi) is 8.23. The monoisotopic (exact) mass is 506 g/mol. The number of nitrogens with zero attached hydrogens (tertiary/aromatic N) is 3. The summed E-state index contributed by atoms with van der Waals surface area (Å²) in [6, 6.07) is 16.4. The summed E-state index contributed by atoms with van der Waals surface area (Å²) in [5, 5.41) is 3.61. The third-order valence-corrected chi connectivity index (χ3v) is 7.86. The summed E-state index contributed by atoms with van der Waals surface area (Å²) < 4.78 is 11.4. The van der Waals surface area contributed by atoms with Crippen molar-refractivity contribution in [1.82, 2.24) is 15.3 Å². The lowest BCUT2D eigenvalue weighted by atomic mass is 9.94. The highest BCUT2D eigenvalue weighted by molar-refractivity contribution is 7.98. The third kappa shape index (κ3) is 6.28. The number of anilines is 1. The highest BCUT2D eigenvalue weighted by Gasteiger charge is 2.21. The van der Waals surface area contributed by atoms with Gasteiger partial charge >= 0.3 is 0 Å². The molecule has 36 heavy (non-hydrogen) atoms. The molecule has 3 heterocycles. The minimum atomic E-state index is -0.208. The van der Waals surface area contributed by atoms with E-state index in [1.807, 2.05) is 24.3 Å². The van der Waals surface area contributed by atoms with Crippen LogP contribution in [0.5, 0.6) is 0 Å². The second-order valence-corrected chi connectivity index (χ2v) is 10.5. The number of nitrogens with one attached hydrogen (secondary N) is 1. The molecule has 5 rings (SSSR count). The normalized spacial score (nSPS) is 18.3. The Bertz CT molecular complexity index is 1140. The Labute approximate surface area is 217 Å². The van der Waals surface area contributed by atoms with Gasteiger partial charge in [0, 0.05) is 37.9 Å². The Morgan fingerprint density at radius 2 is 1.89 bits per heavy atom. The molecule has 190 valence electrons. The van der Waals surface area contributed by atoms with E-state index in [2.05, 4.69) is 35.5 Å². The summed E-state index contributed by atoms with van der Waals surface area (Å²) in [6.07, 6.45) is 8.41. The van der Waals surface area contributed by atoms with Gasteiger partial charge in [0.1, 0.15) is 11.6 Å². The van der Waals surface area contributed by atoms with Crippen LogP contribution in [0.1, 0.15) is 61.3 Å². The van der Waals surface area contributed by atoms with Gasteiger partial charge in [-0.25, -0.2) is 9.97 Å². The van der Waals surface area contributed by atoms with Crippen LogP contribution in [0.25, 0.3) is 11.3 Å². The van der Waals surface area contributed by atoms with E-state index in [-0.39, 0.29) is 12.0 Å². The smallest absolute Gasteiger partial charge is 0.287 e. The maximum Gasteiger partial charge on any atom is 0.287 e. The predicted molar refractivity (Wildman–Crippen MR) is 142 cm³/mol. The first-order valence-corrected chi connectivity index (χ1v) is 13.9. The topological polar surface area (TPSA) is 80.5 Å². The Hall–Kier alpha value is -2.84. The number of rotatable bonds is 9. The first-order chi connectivity index (χ1) is 17.7. The van der Waals surface area contributed by atoms with Crippen molar-refractivity contribution in [3.63, 3.8) is 0 Å². The minimum Gasteiger partial charge on any atom is -0.455 e. The molecule has 1 aliphatic heterocycles. The first kappa shape index (κ1) is 24.8. The summed E-state index contributed by atoms with van der Waals surface area (Å²) in [7, 11) is 2.15. The van der Waals surface area contributed by atoms with Gasteiger partial charge in [-0.15, -0.1) is 0 Å². The molecular formula is C28H34N4O3S. The molecule has 0 bridgehead atoms. The van der Waals surface area contributed by atoms with Crippen molar-refractivity contribution in [3.05, 3.63) is 60.1 Å². The number of hydrogen-bond acceptors (Lipinski definition) is 7. The van der Waals surface area contributed by atoms with E-state index in [9.17, 15) is 4.79 Å². The van der Waals surface area contributed by atoms with E-state index in [4.69, 9.17) is 19.1 Å². The van der Waals surface area contributed by atoms with E-state index in [1.54, 1.807) is 6.07 Å². The van der Waals surface area contributed by atoms with E-state index < -0.39 is 0 Å². The predicted octanol–water partition coefficient (Wildman–Crippen LogP) is 5.71. The number of amides is 1. The molecule has 1 N–H and O–H groups in total. The van der Waals surface area contributed by atoms with Crippen LogP contribution < -0.4 is 10.2 Å². The lowest BCUT2D eigenvalue weighted by molar-refractivity contribution is 0.0834. The highest BCUT2D eigenvalue weighted by Crippen LogP contribution is 2.30. The third-order valence-electron chi connectivity index (χ3n) is 6.99. The molecule has 2 aliphatic rings. The largest absolute Gasteiger partial charge is 0.455 e. The van der Waals surface area contributed by atoms with E-state index in [0.717, 1.165) is 42.3 Å². The zero-order chi connectivity index (χ0) is 24.7. The van der Waals surface area contributed by atoms with Gasteiger partial charge in [-0.1, -0.05) is 61.4 Å². The molecular weight excluding hydrogens is 472 g/mol. The lowest BCUT2D eigenvalue weighted by Crippen LogP contribution is -2.34. The molecule has 1 saturated heterocycles. The number of hydrogen-bond donors (Lipinski definition) is 1. The van der Waals surface area contributed by atoms with Crippen LogP contribution in [-0.4, -0.2) is 48.2 Å². The number of furan rings is 1. The number of carbonyl (C=O) groups is 1. The molecule has 0 spiro atoms. The van der Waals surface area contributed by atoms with Gasteiger partial charge in [0.25, 0.3) is 5.91 Å². The average Bonchev–Trinajstić information content (AvgIpc) is 3.64. The fourth-order valence-electron chi connectivity index (χ4n) is 4.88. The van der Waals surface area contributed by atoms with Gasteiger partial charge in [0.15, 0.2) is 10.9 Å². The number of benzene rings is 1. The molecule has 3 aromatic rings. The van der Waals surface area contributed by atoms with Crippen LogP contribution in [0.2, 0.25) is 0 Å². The number of thioether (sulfide) groups is 1. The number of aromatic nitrogens is 2. The zero-order valence-corrected chi connectivity index (χ0v) is 21.6. The molecule has 1 aromatic carbocycles. The molecule has 0 unspecified atom stereocenters. The Morgan fingerprint density at radius 1 is 1.06 bits per heavy atom. The fraction of sp³-hybridized carbons (Fsp3) is 0.464. The van der Waals surface area contributed by atoms with Crippen molar-refractivity contribution in [3.8, 4) is 11.3 Å². The quantitative estimate of drug-likeness (QED) is 0.294. The molecule has 7 nitrogen and oxygen atoms in total. The van der Waals surface area contributed by atoms with Crippen molar-refractivity contribution in [2.24, 2.45) is 0 Å². The van der Waals surface area contributed by atoms with Crippen LogP contribution in [0, 0.1) is 0 Å². The fourth-order valence-corrected chi connectivity index (χ4v) is 5.63. The van der Waals surface area contributed by atoms with Gasteiger partial charge in [0.2, 0.25) is 0 Å². The Balaban J connectivity index is 1.28. The van der Waals surface area contributed by atoms with Gasteiger partial charge in [-0.05, 0) is 37.8 Å². The summed E-state index contributed by atoms with van der Waals surface area (Å²) in [6.45, 7) is 1.29. The van der Waals surface area contributed by atoms with Crippen molar-refractivity contribution < 1.29 is 13.9 Å². The summed E-state index contributed by atoms with van der Waals surface area (Å²) in [5.41, 5.74) is 1.99. The van der Waals surface area contributed by atoms with Crippen molar-refractivity contribution in [1.29, 1.82) is 0 Å². The summed E-state index contributed by atoms with van der Waals surface area (Å²) >= 11 is 1.53. The maximum absolute atomic E-state index is 12.5.